The van der Waals surface area contributed by atoms with Gasteiger partial charge in [0, 0.05) is 6.61 Å². The van der Waals surface area contributed by atoms with Crippen molar-refractivity contribution in [2.45, 2.75) is 129 Å². The third-order valence-corrected chi connectivity index (χ3v) is 7.25. The largest absolute Gasteiger partial charge is 0.466 e. The number of aliphatic hydroxyl groups excluding tert-OH is 1. The molecule has 7 nitrogen and oxygen atoms in total. The molecule has 5 atom stereocenters. The highest BCUT2D eigenvalue weighted by Gasteiger charge is 2.37. The zero-order valence-electron chi connectivity index (χ0n) is 23.8. The predicted molar refractivity (Wildman–Crippen MR) is 148 cm³/mol. The highest BCUT2D eigenvalue weighted by molar-refractivity contribution is 5.89. The Kier molecular flexibility index (Phi) is 16.3. The Balaban J connectivity index is 1.49. The summed E-state index contributed by atoms with van der Waals surface area (Å²) in [6.45, 7) is 6.90. The van der Waals surface area contributed by atoms with Crippen molar-refractivity contribution in [2.24, 2.45) is 5.92 Å². The summed E-state index contributed by atoms with van der Waals surface area (Å²) in [5.41, 5.74) is 0.544. The quantitative estimate of drug-likeness (QED) is 0.158. The summed E-state index contributed by atoms with van der Waals surface area (Å²) in [5.74, 6) is -0.348. The number of hydrogen-bond donors (Lipinski definition) is 1. The van der Waals surface area contributed by atoms with Gasteiger partial charge < -0.3 is 24.1 Å². The molecule has 0 aromatic heterocycles. The molecule has 38 heavy (non-hydrogen) atoms. The summed E-state index contributed by atoms with van der Waals surface area (Å²) in [6.07, 6.45) is 11.5. The summed E-state index contributed by atoms with van der Waals surface area (Å²) in [7, 11) is 0. The maximum atomic E-state index is 12.5. The first-order chi connectivity index (χ1) is 18.4. The van der Waals surface area contributed by atoms with Crippen molar-refractivity contribution in [3.63, 3.8) is 0 Å². The minimum atomic E-state index is -0.579. The molecule has 216 valence electrons. The number of rotatable bonds is 19. The molecule has 2 rings (SSSR count). The lowest BCUT2D eigenvalue weighted by atomic mass is 9.95. The fourth-order valence-corrected chi connectivity index (χ4v) is 4.74. The molecule has 0 spiro atoms. The topological polar surface area (TPSA) is 91.3 Å². The third-order valence-electron chi connectivity index (χ3n) is 7.25. The van der Waals surface area contributed by atoms with E-state index in [1.54, 1.807) is 19.1 Å². The molecule has 1 heterocycles. The normalized spacial score (nSPS) is 22.1. The van der Waals surface area contributed by atoms with Crippen LogP contribution in [0.4, 0.5) is 0 Å². The van der Waals surface area contributed by atoms with E-state index in [1.165, 1.54) is 38.5 Å². The van der Waals surface area contributed by atoms with Gasteiger partial charge in [-0.2, -0.15) is 0 Å². The van der Waals surface area contributed by atoms with E-state index >= 15 is 0 Å². The lowest BCUT2D eigenvalue weighted by molar-refractivity contribution is -0.249. The first-order valence-electron chi connectivity index (χ1n) is 14.8. The van der Waals surface area contributed by atoms with Gasteiger partial charge in [-0.15, -0.1) is 0 Å². The third kappa shape index (κ3) is 13.2. The molecule has 7 heteroatoms. The molecule has 0 aliphatic carbocycles. The van der Waals surface area contributed by atoms with Gasteiger partial charge in [0.05, 0.1) is 30.8 Å². The Morgan fingerprint density at radius 3 is 2.18 bits per heavy atom. The van der Waals surface area contributed by atoms with Gasteiger partial charge >= 0.3 is 11.9 Å². The van der Waals surface area contributed by atoms with Crippen molar-refractivity contribution in [2.75, 3.05) is 13.2 Å². The van der Waals surface area contributed by atoms with Crippen LogP contribution in [0, 0.1) is 5.92 Å². The standard InChI is InChI=1S/C31H50O7/c1-4-35-29(33)23-27(32)20-16-11-9-7-5-6-8-10-12-17-21-36-31-28(22-24(2)25(3)37-31)38-30(34)26-18-14-13-15-19-26/h13-15,18-19,24-25,27-28,31-32H,4-12,16-17,20-23H2,1-3H3/t24-,25?,27-,28?,31-/m1/s1. The first-order valence-corrected chi connectivity index (χ1v) is 14.8. The van der Waals surface area contributed by atoms with Crippen molar-refractivity contribution in [1.29, 1.82) is 0 Å². The van der Waals surface area contributed by atoms with Crippen LogP contribution in [-0.4, -0.2) is 54.9 Å². The Labute approximate surface area is 229 Å². The number of esters is 2. The van der Waals surface area contributed by atoms with Gasteiger partial charge in [0.15, 0.2) is 12.4 Å². The predicted octanol–water partition coefficient (Wildman–Crippen LogP) is 6.60. The molecule has 1 aromatic rings. The van der Waals surface area contributed by atoms with Crippen molar-refractivity contribution >= 4 is 11.9 Å². The summed E-state index contributed by atoms with van der Waals surface area (Å²) in [6, 6.07) is 9.06. The van der Waals surface area contributed by atoms with E-state index in [-0.39, 0.29) is 24.5 Å². The number of aliphatic hydroxyl groups is 1. The summed E-state index contributed by atoms with van der Waals surface area (Å²) >= 11 is 0. The van der Waals surface area contributed by atoms with Crippen LogP contribution in [0.15, 0.2) is 30.3 Å². The van der Waals surface area contributed by atoms with Crippen LogP contribution in [0.25, 0.3) is 0 Å². The van der Waals surface area contributed by atoms with Gasteiger partial charge in [-0.05, 0) is 51.2 Å². The Bertz CT molecular complexity index is 769. The molecule has 0 bridgehead atoms. The number of carbonyl (C=O) groups is 2. The van der Waals surface area contributed by atoms with Crippen molar-refractivity contribution in [3.05, 3.63) is 35.9 Å². The number of carbonyl (C=O) groups excluding carboxylic acids is 2. The fraction of sp³-hybridized carbons (Fsp3) is 0.742. The molecule has 1 N–H and O–H groups in total. The first kappa shape index (κ1) is 32.3. The van der Waals surface area contributed by atoms with Crippen LogP contribution in [0.3, 0.4) is 0 Å². The SMILES string of the molecule is CCOC(=O)C[C@H](O)CCCCCCCCCCCCO[C@@H]1OC(C)[C@H](C)CC1OC(=O)c1ccccc1. The van der Waals surface area contributed by atoms with Crippen LogP contribution in [0.2, 0.25) is 0 Å². The minimum absolute atomic E-state index is 0.0707. The molecule has 1 fully saturated rings. The van der Waals surface area contributed by atoms with Crippen LogP contribution in [0.5, 0.6) is 0 Å². The van der Waals surface area contributed by atoms with Crippen LogP contribution >= 0.6 is 0 Å². The zero-order chi connectivity index (χ0) is 27.6. The number of ether oxygens (including phenoxy) is 4. The fourth-order valence-electron chi connectivity index (χ4n) is 4.74. The molecule has 1 saturated heterocycles. The lowest BCUT2D eigenvalue weighted by Gasteiger charge is -2.38. The van der Waals surface area contributed by atoms with Crippen LogP contribution in [0.1, 0.15) is 115 Å². The monoisotopic (exact) mass is 534 g/mol. The number of unbranched alkanes of at least 4 members (excludes halogenated alkanes) is 9. The van der Waals surface area contributed by atoms with Gasteiger partial charge in [0.25, 0.3) is 0 Å². The van der Waals surface area contributed by atoms with Gasteiger partial charge in [0.1, 0.15) is 0 Å². The second-order valence-corrected chi connectivity index (χ2v) is 10.6. The molecule has 1 aliphatic heterocycles. The maximum absolute atomic E-state index is 12.5. The van der Waals surface area contributed by atoms with Crippen molar-refractivity contribution in [3.8, 4) is 0 Å². The summed E-state index contributed by atoms with van der Waals surface area (Å²) < 4.78 is 22.7. The van der Waals surface area contributed by atoms with Crippen LogP contribution in [-0.2, 0) is 23.7 Å². The van der Waals surface area contributed by atoms with E-state index < -0.39 is 18.5 Å². The molecule has 0 saturated carbocycles. The molecular weight excluding hydrogens is 484 g/mol. The van der Waals surface area contributed by atoms with Gasteiger partial charge in [-0.1, -0.05) is 82.9 Å². The summed E-state index contributed by atoms with van der Waals surface area (Å²) in [5, 5.41) is 9.86. The van der Waals surface area contributed by atoms with Crippen LogP contribution < -0.4 is 0 Å². The Hall–Kier alpha value is -1.96. The van der Waals surface area contributed by atoms with Crippen molar-refractivity contribution < 1.29 is 33.6 Å². The summed E-state index contributed by atoms with van der Waals surface area (Å²) in [4.78, 5) is 23.9. The van der Waals surface area contributed by atoms with Crippen molar-refractivity contribution in [1.82, 2.24) is 0 Å². The van der Waals surface area contributed by atoms with Gasteiger partial charge in [-0.25, -0.2) is 4.79 Å². The molecule has 0 radical (unpaired) electrons. The second kappa shape index (κ2) is 19.2. The molecule has 1 aliphatic rings. The Morgan fingerprint density at radius 2 is 1.55 bits per heavy atom. The average molecular weight is 535 g/mol. The van der Waals surface area contributed by atoms with Gasteiger partial charge in [-0.3, -0.25) is 4.79 Å². The maximum Gasteiger partial charge on any atom is 0.338 e. The van der Waals surface area contributed by atoms with E-state index in [0.29, 0.717) is 31.1 Å². The zero-order valence-corrected chi connectivity index (χ0v) is 23.8. The van der Waals surface area contributed by atoms with E-state index in [2.05, 4.69) is 6.92 Å². The molecule has 2 unspecified atom stereocenters. The Morgan fingerprint density at radius 1 is 0.947 bits per heavy atom. The lowest BCUT2D eigenvalue weighted by Crippen LogP contribution is -2.46. The molecule has 0 amide bonds. The highest BCUT2D eigenvalue weighted by Crippen LogP contribution is 2.28. The van der Waals surface area contributed by atoms with Gasteiger partial charge in [0.2, 0.25) is 0 Å². The molecule has 1 aromatic carbocycles. The van der Waals surface area contributed by atoms with E-state index in [1.807, 2.05) is 25.1 Å². The minimum Gasteiger partial charge on any atom is -0.466 e. The average Bonchev–Trinajstić information content (AvgIpc) is 2.90. The van der Waals surface area contributed by atoms with E-state index in [4.69, 9.17) is 18.9 Å². The molecular formula is C31H50O7. The second-order valence-electron chi connectivity index (χ2n) is 10.6. The highest BCUT2D eigenvalue weighted by atomic mass is 16.7. The number of benzene rings is 1. The smallest absolute Gasteiger partial charge is 0.338 e. The van der Waals surface area contributed by atoms with E-state index in [9.17, 15) is 14.7 Å². The number of hydrogen-bond acceptors (Lipinski definition) is 7. The van der Waals surface area contributed by atoms with E-state index in [0.717, 1.165) is 32.1 Å².